The molecule has 0 radical (unpaired) electrons. The van der Waals surface area contributed by atoms with Crippen LogP contribution in [0.25, 0.3) is 0 Å². The van der Waals surface area contributed by atoms with Gasteiger partial charge in [0.25, 0.3) is 0 Å². The first kappa shape index (κ1) is 18.7. The molecule has 0 atom stereocenters. The highest BCUT2D eigenvalue weighted by Gasteiger charge is 2.18. The van der Waals surface area contributed by atoms with E-state index in [2.05, 4.69) is 11.4 Å². The maximum Gasteiger partial charge on any atom is 0.236 e. The zero-order valence-corrected chi connectivity index (χ0v) is 14.2. The van der Waals surface area contributed by atoms with Crippen LogP contribution in [0.1, 0.15) is 12.5 Å². The highest BCUT2D eigenvalue weighted by molar-refractivity contribution is 5.85. The molecule has 1 aromatic carbocycles. The number of rotatable bonds is 6. The topological polar surface area (TPSA) is 44.8 Å². The SMILES string of the molecule is CCOc1ccccc1CN(C)CC(=O)N1CCNCC1.Cl. The molecule has 1 amide bonds. The number of hydrogen-bond donors (Lipinski definition) is 1. The fourth-order valence-corrected chi connectivity index (χ4v) is 2.52. The van der Waals surface area contributed by atoms with Crippen molar-refractivity contribution in [2.75, 3.05) is 46.4 Å². The third-order valence-electron chi connectivity index (χ3n) is 3.59. The van der Waals surface area contributed by atoms with Gasteiger partial charge in [-0.15, -0.1) is 12.4 Å². The normalized spacial score (nSPS) is 14.6. The third kappa shape index (κ3) is 5.48. The van der Waals surface area contributed by atoms with Crippen LogP contribution in [-0.4, -0.2) is 62.1 Å². The fraction of sp³-hybridized carbons (Fsp3) is 0.562. The Balaban J connectivity index is 0.00000242. The standard InChI is InChI=1S/C16H25N3O2.ClH/c1-3-21-15-7-5-4-6-14(15)12-18(2)13-16(20)19-10-8-17-9-11-19;/h4-7,17H,3,8-13H2,1-2H3;1H. The Morgan fingerprint density at radius 1 is 1.32 bits per heavy atom. The van der Waals surface area contributed by atoms with Crippen molar-refractivity contribution in [2.24, 2.45) is 0 Å². The summed E-state index contributed by atoms with van der Waals surface area (Å²) in [6.45, 7) is 7.19. The van der Waals surface area contributed by atoms with Gasteiger partial charge in [0.05, 0.1) is 13.2 Å². The number of nitrogens with one attached hydrogen (secondary N) is 1. The summed E-state index contributed by atoms with van der Waals surface area (Å²) in [7, 11) is 1.98. The molecule has 1 aromatic rings. The summed E-state index contributed by atoms with van der Waals surface area (Å²) in [6.07, 6.45) is 0. The van der Waals surface area contributed by atoms with E-state index in [-0.39, 0.29) is 18.3 Å². The van der Waals surface area contributed by atoms with Crippen LogP contribution in [-0.2, 0) is 11.3 Å². The molecule has 0 spiro atoms. The lowest BCUT2D eigenvalue weighted by molar-refractivity contribution is -0.132. The average molecular weight is 328 g/mol. The van der Waals surface area contributed by atoms with Crippen molar-refractivity contribution in [1.82, 2.24) is 15.1 Å². The number of amides is 1. The van der Waals surface area contributed by atoms with E-state index < -0.39 is 0 Å². The molecule has 1 saturated heterocycles. The van der Waals surface area contributed by atoms with E-state index in [1.807, 2.05) is 42.0 Å². The van der Waals surface area contributed by atoms with E-state index in [0.717, 1.165) is 37.5 Å². The lowest BCUT2D eigenvalue weighted by atomic mass is 10.2. The van der Waals surface area contributed by atoms with E-state index >= 15 is 0 Å². The number of para-hydroxylation sites is 1. The number of carbonyl (C=O) groups excluding carboxylic acids is 1. The van der Waals surface area contributed by atoms with Crippen LogP contribution in [0.5, 0.6) is 5.75 Å². The quantitative estimate of drug-likeness (QED) is 0.857. The number of benzene rings is 1. The minimum absolute atomic E-state index is 0. The van der Waals surface area contributed by atoms with Gasteiger partial charge in [0.2, 0.25) is 5.91 Å². The van der Waals surface area contributed by atoms with Crippen molar-refractivity contribution < 1.29 is 9.53 Å². The van der Waals surface area contributed by atoms with Crippen LogP contribution in [0, 0.1) is 0 Å². The Morgan fingerprint density at radius 3 is 2.68 bits per heavy atom. The monoisotopic (exact) mass is 327 g/mol. The van der Waals surface area contributed by atoms with E-state index in [1.54, 1.807) is 0 Å². The molecule has 0 unspecified atom stereocenters. The Morgan fingerprint density at radius 2 is 2.00 bits per heavy atom. The molecular weight excluding hydrogens is 302 g/mol. The molecule has 1 heterocycles. The summed E-state index contributed by atoms with van der Waals surface area (Å²) in [6, 6.07) is 8.01. The van der Waals surface area contributed by atoms with E-state index in [9.17, 15) is 4.79 Å². The van der Waals surface area contributed by atoms with Gasteiger partial charge in [-0.2, -0.15) is 0 Å². The van der Waals surface area contributed by atoms with Gasteiger partial charge < -0.3 is 15.0 Å². The molecule has 5 nitrogen and oxygen atoms in total. The predicted molar refractivity (Wildman–Crippen MR) is 90.6 cm³/mol. The van der Waals surface area contributed by atoms with Crippen molar-refractivity contribution in [2.45, 2.75) is 13.5 Å². The number of piperazine rings is 1. The second-order valence-electron chi connectivity index (χ2n) is 5.34. The number of hydrogen-bond acceptors (Lipinski definition) is 4. The molecule has 1 N–H and O–H groups in total. The summed E-state index contributed by atoms with van der Waals surface area (Å²) in [4.78, 5) is 16.2. The molecule has 0 saturated carbocycles. The first-order valence-electron chi connectivity index (χ1n) is 7.58. The zero-order valence-electron chi connectivity index (χ0n) is 13.4. The van der Waals surface area contributed by atoms with Gasteiger partial charge in [-0.3, -0.25) is 9.69 Å². The molecular formula is C16H26ClN3O2. The van der Waals surface area contributed by atoms with Crippen molar-refractivity contribution >= 4 is 18.3 Å². The number of ether oxygens (including phenoxy) is 1. The molecule has 0 aliphatic carbocycles. The first-order chi connectivity index (χ1) is 10.2. The maximum absolute atomic E-state index is 12.2. The largest absolute Gasteiger partial charge is 0.494 e. The molecule has 1 fully saturated rings. The van der Waals surface area contributed by atoms with Gasteiger partial charge in [0.1, 0.15) is 5.75 Å². The molecule has 0 bridgehead atoms. The van der Waals surface area contributed by atoms with Crippen LogP contribution in [0.2, 0.25) is 0 Å². The van der Waals surface area contributed by atoms with Crippen molar-refractivity contribution in [1.29, 1.82) is 0 Å². The summed E-state index contributed by atoms with van der Waals surface area (Å²) in [5.74, 6) is 1.11. The lowest BCUT2D eigenvalue weighted by Crippen LogP contribution is -2.49. The molecule has 0 aromatic heterocycles. The highest BCUT2D eigenvalue weighted by atomic mass is 35.5. The molecule has 1 aliphatic rings. The Hall–Kier alpha value is -1.30. The van der Waals surface area contributed by atoms with Crippen LogP contribution in [0.4, 0.5) is 0 Å². The molecule has 1 aliphatic heterocycles. The number of nitrogens with zero attached hydrogens (tertiary/aromatic N) is 2. The number of halogens is 1. The van der Waals surface area contributed by atoms with Crippen LogP contribution < -0.4 is 10.1 Å². The number of likely N-dealkylation sites (N-methyl/N-ethyl adjacent to an activating group) is 1. The van der Waals surface area contributed by atoms with Gasteiger partial charge in [-0.1, -0.05) is 18.2 Å². The summed E-state index contributed by atoms with van der Waals surface area (Å²) in [5.41, 5.74) is 1.12. The van der Waals surface area contributed by atoms with E-state index in [0.29, 0.717) is 19.7 Å². The second kappa shape index (κ2) is 9.66. The maximum atomic E-state index is 12.2. The van der Waals surface area contributed by atoms with Gasteiger partial charge in [0, 0.05) is 38.3 Å². The van der Waals surface area contributed by atoms with Gasteiger partial charge in [-0.25, -0.2) is 0 Å². The average Bonchev–Trinajstić information content (AvgIpc) is 2.50. The summed E-state index contributed by atoms with van der Waals surface area (Å²) >= 11 is 0. The first-order valence-corrected chi connectivity index (χ1v) is 7.58. The summed E-state index contributed by atoms with van der Waals surface area (Å²) < 4.78 is 5.63. The van der Waals surface area contributed by atoms with Crippen molar-refractivity contribution in [3.05, 3.63) is 29.8 Å². The Labute approximate surface area is 139 Å². The van der Waals surface area contributed by atoms with Crippen LogP contribution in [0.3, 0.4) is 0 Å². The highest BCUT2D eigenvalue weighted by Crippen LogP contribution is 2.19. The Bertz CT molecular complexity index is 464. The zero-order chi connectivity index (χ0) is 15.1. The van der Waals surface area contributed by atoms with Crippen LogP contribution >= 0.6 is 12.4 Å². The third-order valence-corrected chi connectivity index (χ3v) is 3.59. The van der Waals surface area contributed by atoms with Gasteiger partial charge in [0.15, 0.2) is 0 Å². The smallest absolute Gasteiger partial charge is 0.236 e. The van der Waals surface area contributed by atoms with Gasteiger partial charge >= 0.3 is 0 Å². The molecule has 22 heavy (non-hydrogen) atoms. The van der Waals surface area contributed by atoms with Crippen molar-refractivity contribution in [3.63, 3.8) is 0 Å². The summed E-state index contributed by atoms with van der Waals surface area (Å²) in [5, 5.41) is 3.26. The molecule has 124 valence electrons. The number of carbonyl (C=O) groups is 1. The second-order valence-corrected chi connectivity index (χ2v) is 5.34. The van der Waals surface area contributed by atoms with Crippen LogP contribution in [0.15, 0.2) is 24.3 Å². The predicted octanol–water partition coefficient (Wildman–Crippen LogP) is 1.37. The molecule has 2 rings (SSSR count). The molecule has 6 heteroatoms. The minimum Gasteiger partial charge on any atom is -0.494 e. The van der Waals surface area contributed by atoms with E-state index in [1.165, 1.54) is 0 Å². The lowest BCUT2D eigenvalue weighted by Gasteiger charge is -2.29. The minimum atomic E-state index is 0. The van der Waals surface area contributed by atoms with Crippen molar-refractivity contribution in [3.8, 4) is 5.75 Å². The van der Waals surface area contributed by atoms with Gasteiger partial charge in [-0.05, 0) is 20.0 Å². The Kier molecular flexibility index (Phi) is 8.24. The van der Waals surface area contributed by atoms with E-state index in [4.69, 9.17) is 4.74 Å². The fourth-order valence-electron chi connectivity index (χ4n) is 2.52.